The number of nitrogens with one attached hydrogen (secondary N) is 1. The topological polar surface area (TPSA) is 24.9 Å². The van der Waals surface area contributed by atoms with Crippen molar-refractivity contribution < 1.29 is 4.39 Å². The zero-order valence-corrected chi connectivity index (χ0v) is 10.3. The maximum atomic E-state index is 13.5. The zero-order valence-electron chi connectivity index (χ0n) is 8.75. The number of hydrogen-bond donors (Lipinski definition) is 1. The molecule has 0 saturated heterocycles. The van der Waals surface area contributed by atoms with E-state index in [4.69, 9.17) is 23.2 Å². The first-order chi connectivity index (χ1) is 8.16. The van der Waals surface area contributed by atoms with E-state index in [2.05, 4.69) is 10.3 Å². The van der Waals surface area contributed by atoms with Crippen LogP contribution in [0, 0.1) is 5.82 Å². The minimum atomic E-state index is -0.341. The van der Waals surface area contributed by atoms with Crippen LogP contribution in [0.3, 0.4) is 0 Å². The molecule has 0 aliphatic rings. The molecule has 0 amide bonds. The molecule has 1 aromatic heterocycles. The average Bonchev–Trinajstić information content (AvgIpc) is 2.28. The van der Waals surface area contributed by atoms with Gasteiger partial charge in [-0.05, 0) is 24.3 Å². The molecule has 2 aromatic rings. The van der Waals surface area contributed by atoms with E-state index < -0.39 is 0 Å². The molecule has 0 aliphatic carbocycles. The van der Waals surface area contributed by atoms with Gasteiger partial charge < -0.3 is 5.32 Å². The quantitative estimate of drug-likeness (QED) is 0.848. The van der Waals surface area contributed by atoms with Gasteiger partial charge in [-0.2, -0.15) is 0 Å². The van der Waals surface area contributed by atoms with Crippen molar-refractivity contribution in [2.45, 2.75) is 6.54 Å². The third kappa shape index (κ3) is 3.08. The van der Waals surface area contributed by atoms with E-state index in [1.165, 1.54) is 6.07 Å². The summed E-state index contributed by atoms with van der Waals surface area (Å²) in [6, 6.07) is 9.77. The molecule has 0 unspecified atom stereocenters. The van der Waals surface area contributed by atoms with Crippen molar-refractivity contribution in [3.8, 4) is 0 Å². The number of hydrogen-bond acceptors (Lipinski definition) is 2. The Hall–Kier alpha value is -1.32. The highest BCUT2D eigenvalue weighted by atomic mass is 35.5. The number of benzene rings is 1. The third-order valence-corrected chi connectivity index (χ3v) is 2.79. The summed E-state index contributed by atoms with van der Waals surface area (Å²) in [6.07, 6.45) is 0. The van der Waals surface area contributed by atoms with Gasteiger partial charge in [-0.25, -0.2) is 9.37 Å². The molecule has 5 heteroatoms. The van der Waals surface area contributed by atoms with Gasteiger partial charge in [0.05, 0.1) is 0 Å². The summed E-state index contributed by atoms with van der Waals surface area (Å²) in [5.41, 5.74) is 0.413. The van der Waals surface area contributed by atoms with Gasteiger partial charge in [0.1, 0.15) is 16.8 Å². The maximum absolute atomic E-state index is 13.5. The molecule has 0 bridgehead atoms. The second kappa shape index (κ2) is 5.34. The van der Waals surface area contributed by atoms with Gasteiger partial charge in [-0.1, -0.05) is 35.3 Å². The first-order valence-electron chi connectivity index (χ1n) is 4.96. The summed E-state index contributed by atoms with van der Waals surface area (Å²) >= 11 is 11.6. The van der Waals surface area contributed by atoms with Gasteiger partial charge in [0.25, 0.3) is 0 Å². The van der Waals surface area contributed by atoms with Crippen molar-refractivity contribution in [2.75, 3.05) is 5.32 Å². The lowest BCUT2D eigenvalue weighted by atomic mass is 10.2. The lowest BCUT2D eigenvalue weighted by molar-refractivity contribution is 0.613. The average molecular weight is 271 g/mol. The molecule has 1 N–H and O–H groups in total. The Morgan fingerprint density at radius 1 is 1.12 bits per heavy atom. The Bertz CT molecular complexity index is 511. The fourth-order valence-electron chi connectivity index (χ4n) is 1.39. The monoisotopic (exact) mass is 270 g/mol. The van der Waals surface area contributed by atoms with Crippen molar-refractivity contribution in [2.24, 2.45) is 0 Å². The SMILES string of the molecule is Fc1cccc(Cl)c1CNc1cccc(Cl)n1. The number of pyridine rings is 1. The Morgan fingerprint density at radius 3 is 2.59 bits per heavy atom. The molecule has 2 nitrogen and oxygen atoms in total. The van der Waals surface area contributed by atoms with Crippen LogP contribution < -0.4 is 5.32 Å². The summed E-state index contributed by atoms with van der Waals surface area (Å²) in [6.45, 7) is 0.263. The van der Waals surface area contributed by atoms with E-state index in [0.29, 0.717) is 21.6 Å². The van der Waals surface area contributed by atoms with Crippen LogP contribution in [-0.2, 0) is 6.54 Å². The summed E-state index contributed by atoms with van der Waals surface area (Å²) in [7, 11) is 0. The predicted octanol–water partition coefficient (Wildman–Crippen LogP) is 4.14. The van der Waals surface area contributed by atoms with E-state index in [1.54, 1.807) is 30.3 Å². The second-order valence-electron chi connectivity index (χ2n) is 3.40. The molecule has 17 heavy (non-hydrogen) atoms. The minimum absolute atomic E-state index is 0.263. The van der Waals surface area contributed by atoms with E-state index in [0.717, 1.165) is 0 Å². The van der Waals surface area contributed by atoms with Crippen LogP contribution in [0.4, 0.5) is 10.2 Å². The number of nitrogens with zero attached hydrogens (tertiary/aromatic N) is 1. The molecular weight excluding hydrogens is 262 g/mol. The Morgan fingerprint density at radius 2 is 1.88 bits per heavy atom. The van der Waals surface area contributed by atoms with Crippen molar-refractivity contribution >= 4 is 29.0 Å². The van der Waals surface area contributed by atoms with Crippen LogP contribution in [0.2, 0.25) is 10.2 Å². The standard InChI is InChI=1S/C12H9Cl2FN2/c13-9-3-1-4-10(15)8(9)7-16-12-6-2-5-11(14)17-12/h1-6H,7H2,(H,16,17). The normalized spacial score (nSPS) is 10.3. The number of aromatic nitrogens is 1. The van der Waals surface area contributed by atoms with E-state index in [9.17, 15) is 4.39 Å². The highest BCUT2D eigenvalue weighted by Crippen LogP contribution is 2.20. The number of halogens is 3. The number of anilines is 1. The van der Waals surface area contributed by atoms with Crippen LogP contribution in [0.25, 0.3) is 0 Å². The summed E-state index contributed by atoms with van der Waals surface area (Å²) in [5, 5.41) is 3.74. The number of rotatable bonds is 3. The highest BCUT2D eigenvalue weighted by Gasteiger charge is 2.06. The molecule has 88 valence electrons. The van der Waals surface area contributed by atoms with Crippen LogP contribution >= 0.6 is 23.2 Å². The lowest BCUT2D eigenvalue weighted by Gasteiger charge is -2.08. The molecule has 2 rings (SSSR count). The Kier molecular flexibility index (Phi) is 3.82. The molecule has 0 aliphatic heterocycles. The maximum Gasteiger partial charge on any atom is 0.131 e. The zero-order chi connectivity index (χ0) is 12.3. The van der Waals surface area contributed by atoms with Gasteiger partial charge >= 0.3 is 0 Å². The molecule has 0 fully saturated rings. The van der Waals surface area contributed by atoms with Crippen LogP contribution in [0.15, 0.2) is 36.4 Å². The van der Waals surface area contributed by atoms with Crippen molar-refractivity contribution in [3.63, 3.8) is 0 Å². The summed E-state index contributed by atoms with van der Waals surface area (Å²) < 4.78 is 13.5. The van der Waals surface area contributed by atoms with Gasteiger partial charge in [0, 0.05) is 17.1 Å². The van der Waals surface area contributed by atoms with Gasteiger partial charge in [-0.3, -0.25) is 0 Å². The van der Waals surface area contributed by atoms with Gasteiger partial charge in [-0.15, -0.1) is 0 Å². The van der Waals surface area contributed by atoms with Gasteiger partial charge in [0.15, 0.2) is 0 Å². The van der Waals surface area contributed by atoms with Crippen molar-refractivity contribution in [1.29, 1.82) is 0 Å². The first-order valence-corrected chi connectivity index (χ1v) is 5.72. The van der Waals surface area contributed by atoms with Gasteiger partial charge in [0.2, 0.25) is 0 Å². The predicted molar refractivity (Wildman–Crippen MR) is 68.0 cm³/mol. The fourth-order valence-corrected chi connectivity index (χ4v) is 1.78. The highest BCUT2D eigenvalue weighted by molar-refractivity contribution is 6.31. The van der Waals surface area contributed by atoms with Crippen LogP contribution in [-0.4, -0.2) is 4.98 Å². The van der Waals surface area contributed by atoms with Crippen molar-refractivity contribution in [3.05, 3.63) is 58.0 Å². The third-order valence-electron chi connectivity index (χ3n) is 2.22. The summed E-state index contributed by atoms with van der Waals surface area (Å²) in [5.74, 6) is 0.240. The van der Waals surface area contributed by atoms with E-state index in [-0.39, 0.29) is 12.4 Å². The van der Waals surface area contributed by atoms with Crippen molar-refractivity contribution in [1.82, 2.24) is 4.98 Å². The van der Waals surface area contributed by atoms with E-state index >= 15 is 0 Å². The first kappa shape index (κ1) is 12.1. The molecule has 0 saturated carbocycles. The fraction of sp³-hybridized carbons (Fsp3) is 0.0833. The van der Waals surface area contributed by atoms with E-state index in [1.807, 2.05) is 0 Å². The molecule has 1 heterocycles. The molecular formula is C12H9Cl2FN2. The molecule has 1 aromatic carbocycles. The Balaban J connectivity index is 2.13. The molecule has 0 spiro atoms. The smallest absolute Gasteiger partial charge is 0.131 e. The molecule has 0 radical (unpaired) electrons. The largest absolute Gasteiger partial charge is 0.366 e. The molecule has 0 atom stereocenters. The minimum Gasteiger partial charge on any atom is -0.366 e. The Labute approximate surface area is 108 Å². The second-order valence-corrected chi connectivity index (χ2v) is 4.19. The lowest BCUT2D eigenvalue weighted by Crippen LogP contribution is -2.03. The van der Waals surface area contributed by atoms with Crippen LogP contribution in [0.5, 0.6) is 0 Å². The summed E-state index contributed by atoms with van der Waals surface area (Å²) in [4.78, 5) is 4.04. The van der Waals surface area contributed by atoms with Crippen LogP contribution in [0.1, 0.15) is 5.56 Å².